The Labute approximate surface area is 109 Å². The summed E-state index contributed by atoms with van der Waals surface area (Å²) in [5.41, 5.74) is 0. The minimum Gasteiger partial charge on any atom is -0.492 e. The van der Waals surface area contributed by atoms with Gasteiger partial charge in [0.2, 0.25) is 0 Å². The number of hydrogen-bond donors (Lipinski definition) is 0. The van der Waals surface area contributed by atoms with Gasteiger partial charge in [0.25, 0.3) is 9.05 Å². The van der Waals surface area contributed by atoms with Gasteiger partial charge in [-0.25, -0.2) is 8.42 Å². The molecule has 7 heteroatoms. The van der Waals surface area contributed by atoms with Gasteiger partial charge in [-0.15, -0.1) is 0 Å². The van der Waals surface area contributed by atoms with Crippen LogP contribution >= 0.6 is 42.5 Å². The Kier molecular flexibility index (Phi) is 4.46. The summed E-state index contributed by atoms with van der Waals surface area (Å²) in [7, 11) is 1.48. The number of halogens is 3. The molecule has 0 amide bonds. The second-order valence-corrected chi connectivity index (χ2v) is 6.83. The molecule has 0 atom stereocenters. The number of ether oxygens (including phenoxy) is 1. The molecule has 84 valence electrons. The van der Waals surface area contributed by atoms with Gasteiger partial charge in [0.15, 0.2) is 0 Å². The molecule has 0 aliphatic carbocycles. The summed E-state index contributed by atoms with van der Waals surface area (Å²) in [6, 6.07) is 2.96. The van der Waals surface area contributed by atoms with Crippen LogP contribution < -0.4 is 4.74 Å². The zero-order valence-corrected chi connectivity index (χ0v) is 12.4. The highest BCUT2D eigenvalue weighted by Gasteiger charge is 2.18. The lowest BCUT2D eigenvalue weighted by atomic mass is 10.3. The van der Waals surface area contributed by atoms with Gasteiger partial charge in [0.05, 0.1) is 6.61 Å². The predicted octanol–water partition coefficient (Wildman–Crippen LogP) is 3.54. The summed E-state index contributed by atoms with van der Waals surface area (Å²) in [6.07, 6.45) is 0. The standard InChI is InChI=1S/C8H7Br2ClO3S/c1-2-14-7-3-5(9)6(10)4-8(7)15(11,12)13/h3-4H,2H2,1H3. The average molecular weight is 378 g/mol. The number of rotatable bonds is 3. The lowest BCUT2D eigenvalue weighted by Gasteiger charge is -2.09. The lowest BCUT2D eigenvalue weighted by Crippen LogP contribution is -1.99. The Morgan fingerprint density at radius 1 is 1.33 bits per heavy atom. The van der Waals surface area contributed by atoms with Gasteiger partial charge in [-0.2, -0.15) is 0 Å². The Morgan fingerprint density at radius 2 is 1.87 bits per heavy atom. The van der Waals surface area contributed by atoms with Crippen LogP contribution in [0.3, 0.4) is 0 Å². The molecule has 1 rings (SSSR count). The molecule has 0 radical (unpaired) electrons. The van der Waals surface area contributed by atoms with Crippen LogP contribution in [0, 0.1) is 0 Å². The third-order valence-corrected chi connectivity index (χ3v) is 4.74. The highest BCUT2D eigenvalue weighted by Crippen LogP contribution is 2.35. The van der Waals surface area contributed by atoms with Crippen molar-refractivity contribution in [1.29, 1.82) is 0 Å². The SMILES string of the molecule is CCOc1cc(Br)c(Br)cc1S(=O)(=O)Cl. The van der Waals surface area contributed by atoms with E-state index in [0.29, 0.717) is 15.6 Å². The van der Waals surface area contributed by atoms with Crippen molar-refractivity contribution in [1.82, 2.24) is 0 Å². The van der Waals surface area contributed by atoms with E-state index < -0.39 is 9.05 Å². The van der Waals surface area contributed by atoms with Crippen molar-refractivity contribution >= 4 is 51.6 Å². The van der Waals surface area contributed by atoms with Crippen LogP contribution in [0.5, 0.6) is 5.75 Å². The van der Waals surface area contributed by atoms with Crippen molar-refractivity contribution in [2.24, 2.45) is 0 Å². The van der Waals surface area contributed by atoms with E-state index in [9.17, 15) is 8.42 Å². The fraction of sp³-hybridized carbons (Fsp3) is 0.250. The van der Waals surface area contributed by atoms with Gasteiger partial charge in [0.1, 0.15) is 10.6 Å². The minimum atomic E-state index is -3.80. The fourth-order valence-electron chi connectivity index (χ4n) is 0.969. The number of benzene rings is 1. The third kappa shape index (κ3) is 3.34. The van der Waals surface area contributed by atoms with Gasteiger partial charge in [-0.3, -0.25) is 0 Å². The zero-order chi connectivity index (χ0) is 11.6. The van der Waals surface area contributed by atoms with Gasteiger partial charge >= 0.3 is 0 Å². The molecule has 0 saturated carbocycles. The fourth-order valence-corrected chi connectivity index (χ4v) is 2.76. The van der Waals surface area contributed by atoms with E-state index in [1.165, 1.54) is 6.07 Å². The maximum Gasteiger partial charge on any atom is 0.265 e. The Balaban J connectivity index is 3.42. The molecule has 0 saturated heterocycles. The van der Waals surface area contributed by atoms with Crippen molar-refractivity contribution in [3.8, 4) is 5.75 Å². The molecule has 0 fully saturated rings. The Morgan fingerprint density at radius 3 is 2.33 bits per heavy atom. The van der Waals surface area contributed by atoms with Crippen LogP contribution in [0.25, 0.3) is 0 Å². The molecule has 0 unspecified atom stereocenters. The second-order valence-electron chi connectivity index (χ2n) is 2.58. The molecule has 0 aliphatic rings. The van der Waals surface area contributed by atoms with Crippen LogP contribution in [0.15, 0.2) is 26.0 Å². The quantitative estimate of drug-likeness (QED) is 0.756. The summed E-state index contributed by atoms with van der Waals surface area (Å²) in [5, 5.41) is 0. The number of hydrogen-bond acceptors (Lipinski definition) is 3. The van der Waals surface area contributed by atoms with Gasteiger partial charge in [-0.1, -0.05) is 0 Å². The first-order valence-corrected chi connectivity index (χ1v) is 7.82. The molecule has 0 bridgehead atoms. The first-order chi connectivity index (χ1) is 6.86. The molecule has 3 nitrogen and oxygen atoms in total. The summed E-state index contributed by atoms with van der Waals surface area (Å²) in [6.45, 7) is 2.13. The van der Waals surface area contributed by atoms with Crippen molar-refractivity contribution in [2.75, 3.05) is 6.61 Å². The molecule has 0 spiro atoms. The molecule has 15 heavy (non-hydrogen) atoms. The Bertz CT molecular complexity index is 473. The van der Waals surface area contributed by atoms with Crippen LogP contribution in [-0.4, -0.2) is 15.0 Å². The average Bonchev–Trinajstić information content (AvgIpc) is 2.09. The van der Waals surface area contributed by atoms with E-state index >= 15 is 0 Å². The monoisotopic (exact) mass is 376 g/mol. The molecule has 0 aromatic heterocycles. The third-order valence-electron chi connectivity index (χ3n) is 1.55. The first kappa shape index (κ1) is 13.3. The van der Waals surface area contributed by atoms with E-state index in [1.54, 1.807) is 13.0 Å². The van der Waals surface area contributed by atoms with E-state index in [0.717, 1.165) is 0 Å². The van der Waals surface area contributed by atoms with Gasteiger partial charge in [-0.05, 0) is 50.9 Å². The van der Waals surface area contributed by atoms with Crippen LogP contribution in [0.1, 0.15) is 6.92 Å². The van der Waals surface area contributed by atoms with Gasteiger partial charge in [0, 0.05) is 19.6 Å². The van der Waals surface area contributed by atoms with Crippen molar-refractivity contribution in [2.45, 2.75) is 11.8 Å². The van der Waals surface area contributed by atoms with Crippen LogP contribution in [-0.2, 0) is 9.05 Å². The van der Waals surface area contributed by atoms with Crippen molar-refractivity contribution < 1.29 is 13.2 Å². The van der Waals surface area contributed by atoms with Crippen molar-refractivity contribution in [3.63, 3.8) is 0 Å². The smallest absolute Gasteiger partial charge is 0.265 e. The summed E-state index contributed by atoms with van der Waals surface area (Å²) >= 11 is 6.45. The highest BCUT2D eigenvalue weighted by atomic mass is 79.9. The maximum atomic E-state index is 11.2. The van der Waals surface area contributed by atoms with Gasteiger partial charge < -0.3 is 4.74 Å². The largest absolute Gasteiger partial charge is 0.492 e. The topological polar surface area (TPSA) is 43.4 Å². The maximum absolute atomic E-state index is 11.2. The molecule has 0 N–H and O–H groups in total. The van der Waals surface area contributed by atoms with Crippen LogP contribution in [0.4, 0.5) is 0 Å². The normalized spacial score (nSPS) is 11.5. The summed E-state index contributed by atoms with van der Waals surface area (Å²) < 4.78 is 29.0. The highest BCUT2D eigenvalue weighted by molar-refractivity contribution is 9.13. The second kappa shape index (κ2) is 5.03. The lowest BCUT2D eigenvalue weighted by molar-refractivity contribution is 0.331. The molecule has 1 aromatic rings. The predicted molar refractivity (Wildman–Crippen MR) is 66.0 cm³/mol. The summed E-state index contributed by atoms with van der Waals surface area (Å²) in [5.74, 6) is 0.238. The molecular weight excluding hydrogens is 371 g/mol. The minimum absolute atomic E-state index is 0.0407. The summed E-state index contributed by atoms with van der Waals surface area (Å²) in [4.78, 5) is -0.0407. The molecule has 0 heterocycles. The first-order valence-electron chi connectivity index (χ1n) is 3.92. The molecule has 1 aromatic carbocycles. The van der Waals surface area contributed by atoms with Crippen LogP contribution in [0.2, 0.25) is 0 Å². The molecule has 0 aliphatic heterocycles. The van der Waals surface area contributed by atoms with E-state index in [1.807, 2.05) is 0 Å². The van der Waals surface area contributed by atoms with Crippen molar-refractivity contribution in [3.05, 3.63) is 21.1 Å². The molecular formula is C8H7Br2ClO3S. The Hall–Kier alpha value is 0.220. The van der Waals surface area contributed by atoms with E-state index in [-0.39, 0.29) is 10.6 Å². The zero-order valence-electron chi connectivity index (χ0n) is 7.63. The van der Waals surface area contributed by atoms with E-state index in [4.69, 9.17) is 15.4 Å². The van der Waals surface area contributed by atoms with E-state index in [2.05, 4.69) is 31.9 Å².